The van der Waals surface area contributed by atoms with Gasteiger partial charge < -0.3 is 5.84 Å². The van der Waals surface area contributed by atoms with Crippen LogP contribution in [0.5, 0.6) is 0 Å². The van der Waals surface area contributed by atoms with E-state index in [9.17, 15) is 0 Å². The predicted octanol–water partition coefficient (Wildman–Crippen LogP) is 3.91. The first-order valence-corrected chi connectivity index (χ1v) is 8.14. The molecule has 0 atom stereocenters. The van der Waals surface area contributed by atoms with Gasteiger partial charge in [-0.05, 0) is 24.6 Å². The molecule has 0 radical (unpaired) electrons. The molecule has 0 saturated heterocycles. The monoisotopic (exact) mass is 330 g/mol. The molecule has 3 aromatic rings. The van der Waals surface area contributed by atoms with Gasteiger partial charge in [0.15, 0.2) is 5.82 Å². The van der Waals surface area contributed by atoms with Crippen molar-refractivity contribution in [3.63, 3.8) is 0 Å². The molecule has 0 aliphatic heterocycles. The van der Waals surface area contributed by atoms with Crippen LogP contribution in [-0.2, 0) is 5.75 Å². The highest BCUT2D eigenvalue weighted by Crippen LogP contribution is 2.25. The lowest BCUT2D eigenvalue weighted by Gasteiger charge is -2.04. The molecule has 0 aliphatic carbocycles. The summed E-state index contributed by atoms with van der Waals surface area (Å²) in [6.07, 6.45) is 0. The van der Waals surface area contributed by atoms with Gasteiger partial charge in [0, 0.05) is 16.3 Å². The van der Waals surface area contributed by atoms with Crippen molar-refractivity contribution in [3.8, 4) is 11.4 Å². The highest BCUT2D eigenvalue weighted by molar-refractivity contribution is 7.98. The van der Waals surface area contributed by atoms with Crippen LogP contribution in [0.25, 0.3) is 11.4 Å². The summed E-state index contributed by atoms with van der Waals surface area (Å²) in [6.45, 7) is 2.05. The maximum Gasteiger partial charge on any atom is 0.210 e. The van der Waals surface area contributed by atoms with E-state index in [4.69, 9.17) is 17.4 Å². The lowest BCUT2D eigenvalue weighted by molar-refractivity contribution is 0.849. The molecule has 6 heteroatoms. The van der Waals surface area contributed by atoms with Crippen molar-refractivity contribution in [2.75, 3.05) is 5.84 Å². The minimum atomic E-state index is 0.665. The Labute approximate surface area is 138 Å². The van der Waals surface area contributed by atoms with E-state index in [1.807, 2.05) is 55.5 Å². The Morgan fingerprint density at radius 3 is 2.41 bits per heavy atom. The van der Waals surface area contributed by atoms with Gasteiger partial charge in [-0.1, -0.05) is 65.3 Å². The van der Waals surface area contributed by atoms with Gasteiger partial charge in [0.1, 0.15) is 0 Å². The number of nitrogens with two attached hydrogens (primary N) is 1. The molecule has 0 spiro atoms. The summed E-state index contributed by atoms with van der Waals surface area (Å²) in [6, 6.07) is 15.8. The van der Waals surface area contributed by atoms with Gasteiger partial charge in [0.25, 0.3) is 0 Å². The van der Waals surface area contributed by atoms with E-state index in [-0.39, 0.29) is 0 Å². The average Bonchev–Trinajstić information content (AvgIpc) is 2.89. The normalized spacial score (nSPS) is 10.8. The highest BCUT2D eigenvalue weighted by atomic mass is 35.5. The van der Waals surface area contributed by atoms with Crippen LogP contribution in [0.4, 0.5) is 0 Å². The van der Waals surface area contributed by atoms with Crippen LogP contribution in [0.15, 0.2) is 53.7 Å². The number of halogens is 1. The lowest BCUT2D eigenvalue weighted by Crippen LogP contribution is -2.11. The molecule has 0 aliphatic rings. The van der Waals surface area contributed by atoms with Crippen LogP contribution in [0.1, 0.15) is 11.1 Å². The molecule has 0 fully saturated rings. The van der Waals surface area contributed by atoms with Gasteiger partial charge in [-0.25, -0.2) is 4.68 Å². The zero-order valence-corrected chi connectivity index (χ0v) is 13.6. The van der Waals surface area contributed by atoms with E-state index < -0.39 is 0 Å². The van der Waals surface area contributed by atoms with Gasteiger partial charge in [0.2, 0.25) is 5.16 Å². The standard InChI is InChI=1S/C16H15ClN4S/c1-11-2-6-13(7-3-11)15-19-20-16(21(15)18)22-10-12-4-8-14(17)9-5-12/h2-9H,10,18H2,1H3. The lowest BCUT2D eigenvalue weighted by atomic mass is 10.1. The van der Waals surface area contributed by atoms with Crippen LogP contribution in [-0.4, -0.2) is 14.9 Å². The summed E-state index contributed by atoms with van der Waals surface area (Å²) in [5.74, 6) is 7.54. The molecule has 112 valence electrons. The quantitative estimate of drug-likeness (QED) is 0.582. The summed E-state index contributed by atoms with van der Waals surface area (Å²) >= 11 is 7.43. The van der Waals surface area contributed by atoms with Gasteiger partial charge in [-0.15, -0.1) is 10.2 Å². The van der Waals surface area contributed by atoms with Gasteiger partial charge >= 0.3 is 0 Å². The minimum absolute atomic E-state index is 0.665. The molecule has 0 saturated carbocycles. The van der Waals surface area contributed by atoms with Crippen molar-refractivity contribution >= 4 is 23.4 Å². The fourth-order valence-electron chi connectivity index (χ4n) is 2.00. The molecule has 1 heterocycles. The summed E-state index contributed by atoms with van der Waals surface area (Å²) in [4.78, 5) is 0. The number of thioether (sulfide) groups is 1. The first-order valence-electron chi connectivity index (χ1n) is 6.78. The molecule has 0 bridgehead atoms. The first-order chi connectivity index (χ1) is 10.6. The predicted molar refractivity (Wildman–Crippen MR) is 91.4 cm³/mol. The van der Waals surface area contributed by atoms with Crippen LogP contribution in [0.2, 0.25) is 5.02 Å². The van der Waals surface area contributed by atoms with E-state index in [1.54, 1.807) is 11.8 Å². The molecule has 4 nitrogen and oxygen atoms in total. The van der Waals surface area contributed by atoms with Crippen molar-refractivity contribution in [2.45, 2.75) is 17.8 Å². The van der Waals surface area contributed by atoms with E-state index >= 15 is 0 Å². The van der Waals surface area contributed by atoms with Gasteiger partial charge in [-0.3, -0.25) is 0 Å². The Hall–Kier alpha value is -1.98. The second kappa shape index (κ2) is 6.42. The minimum Gasteiger partial charge on any atom is -0.335 e. The second-order valence-corrected chi connectivity index (χ2v) is 6.34. The largest absolute Gasteiger partial charge is 0.335 e. The Kier molecular flexibility index (Phi) is 4.36. The van der Waals surface area contributed by atoms with Crippen molar-refractivity contribution in [2.24, 2.45) is 0 Å². The number of rotatable bonds is 4. The van der Waals surface area contributed by atoms with Gasteiger partial charge in [0.05, 0.1) is 0 Å². The molecule has 22 heavy (non-hydrogen) atoms. The number of aryl methyl sites for hydroxylation is 1. The third-order valence-electron chi connectivity index (χ3n) is 3.26. The number of nitrogen functional groups attached to an aromatic ring is 1. The number of hydrogen-bond donors (Lipinski definition) is 1. The number of aromatic nitrogens is 3. The Balaban J connectivity index is 1.75. The highest BCUT2D eigenvalue weighted by Gasteiger charge is 2.12. The Morgan fingerprint density at radius 2 is 1.73 bits per heavy atom. The van der Waals surface area contributed by atoms with Crippen LogP contribution in [0.3, 0.4) is 0 Å². The molecule has 1 aromatic heterocycles. The second-order valence-electron chi connectivity index (χ2n) is 4.96. The smallest absolute Gasteiger partial charge is 0.210 e. The summed E-state index contributed by atoms with van der Waals surface area (Å²) in [7, 11) is 0. The first kappa shape index (κ1) is 14.9. The molecule has 0 amide bonds. The zero-order chi connectivity index (χ0) is 15.5. The summed E-state index contributed by atoms with van der Waals surface area (Å²) in [5.41, 5.74) is 3.32. The Morgan fingerprint density at radius 1 is 1.05 bits per heavy atom. The summed E-state index contributed by atoms with van der Waals surface area (Å²) < 4.78 is 1.53. The third-order valence-corrected chi connectivity index (χ3v) is 4.52. The van der Waals surface area contributed by atoms with Crippen LogP contribution < -0.4 is 5.84 Å². The van der Waals surface area contributed by atoms with E-state index in [1.165, 1.54) is 10.2 Å². The SMILES string of the molecule is Cc1ccc(-c2nnc(SCc3ccc(Cl)cc3)n2N)cc1. The molecule has 0 unspecified atom stereocenters. The maximum absolute atomic E-state index is 6.11. The average molecular weight is 331 g/mol. The van der Waals surface area contributed by atoms with Crippen molar-refractivity contribution in [1.29, 1.82) is 0 Å². The summed E-state index contributed by atoms with van der Waals surface area (Å²) in [5, 5.41) is 9.78. The number of hydrogen-bond acceptors (Lipinski definition) is 4. The molecular weight excluding hydrogens is 316 g/mol. The fraction of sp³-hybridized carbons (Fsp3) is 0.125. The van der Waals surface area contributed by atoms with Crippen molar-refractivity contribution < 1.29 is 0 Å². The van der Waals surface area contributed by atoms with E-state index in [0.717, 1.165) is 21.9 Å². The number of nitrogens with zero attached hydrogens (tertiary/aromatic N) is 3. The molecule has 3 rings (SSSR count). The molecule has 2 N–H and O–H groups in total. The maximum atomic E-state index is 6.11. The fourth-order valence-corrected chi connectivity index (χ4v) is 2.94. The number of benzene rings is 2. The van der Waals surface area contributed by atoms with Crippen molar-refractivity contribution in [3.05, 3.63) is 64.7 Å². The van der Waals surface area contributed by atoms with Crippen LogP contribution >= 0.6 is 23.4 Å². The van der Waals surface area contributed by atoms with Gasteiger partial charge in [-0.2, -0.15) is 0 Å². The zero-order valence-electron chi connectivity index (χ0n) is 12.0. The van der Waals surface area contributed by atoms with E-state index in [2.05, 4.69) is 10.2 Å². The topological polar surface area (TPSA) is 56.7 Å². The molecular formula is C16H15ClN4S. The van der Waals surface area contributed by atoms with E-state index in [0.29, 0.717) is 11.0 Å². The third kappa shape index (κ3) is 3.26. The van der Waals surface area contributed by atoms with Crippen molar-refractivity contribution in [1.82, 2.24) is 14.9 Å². The molecule has 2 aromatic carbocycles. The van der Waals surface area contributed by atoms with Crippen LogP contribution in [0, 0.1) is 6.92 Å². The Bertz CT molecular complexity index is 766.